The van der Waals surface area contributed by atoms with Crippen LogP contribution in [0.2, 0.25) is 0 Å². The summed E-state index contributed by atoms with van der Waals surface area (Å²) in [6.07, 6.45) is 7.87. The van der Waals surface area contributed by atoms with Gasteiger partial charge in [-0.3, -0.25) is 19.2 Å². The van der Waals surface area contributed by atoms with Gasteiger partial charge < -0.3 is 20.3 Å². The van der Waals surface area contributed by atoms with Gasteiger partial charge in [0.15, 0.2) is 12.4 Å². The number of aliphatic hydroxyl groups is 1. The van der Waals surface area contributed by atoms with Crippen molar-refractivity contribution < 1.29 is 38.9 Å². The van der Waals surface area contributed by atoms with Crippen LogP contribution in [0.25, 0.3) is 0 Å². The maximum Gasteiger partial charge on any atom is 0.326 e. The highest BCUT2D eigenvalue weighted by atomic mass is 16.5. The molecule has 0 aromatic heterocycles. The van der Waals surface area contributed by atoms with E-state index >= 15 is 0 Å². The molecule has 4 aliphatic rings. The zero-order chi connectivity index (χ0) is 29.5. The molecular weight excluding hydrogens is 514 g/mol. The number of ketones is 2. The predicted molar refractivity (Wildman–Crippen MR) is 146 cm³/mol. The van der Waals surface area contributed by atoms with Crippen LogP contribution in [0.5, 0.6) is 0 Å². The largest absolute Gasteiger partial charge is 0.480 e. The van der Waals surface area contributed by atoms with Crippen LogP contribution < -0.4 is 5.32 Å². The number of ether oxygens (including phenoxy) is 1. The van der Waals surface area contributed by atoms with Gasteiger partial charge in [0.05, 0.1) is 6.42 Å². The predicted octanol–water partition coefficient (Wildman–Crippen LogP) is 3.76. The average Bonchev–Trinajstić information content (AvgIpc) is 3.20. The van der Waals surface area contributed by atoms with E-state index in [1.54, 1.807) is 6.92 Å². The maximum atomic E-state index is 13.4. The van der Waals surface area contributed by atoms with E-state index in [-0.39, 0.29) is 35.9 Å². The third-order valence-corrected chi connectivity index (χ3v) is 11.3. The van der Waals surface area contributed by atoms with Crippen molar-refractivity contribution in [1.82, 2.24) is 5.32 Å². The van der Waals surface area contributed by atoms with E-state index in [0.717, 1.165) is 32.1 Å². The van der Waals surface area contributed by atoms with Gasteiger partial charge >= 0.3 is 11.9 Å². The highest BCUT2D eigenvalue weighted by molar-refractivity contribution is 5.92. The number of amides is 1. The van der Waals surface area contributed by atoms with Gasteiger partial charge in [-0.15, -0.1) is 0 Å². The number of esters is 1. The van der Waals surface area contributed by atoms with E-state index in [1.165, 1.54) is 5.57 Å². The van der Waals surface area contributed by atoms with Crippen LogP contribution in [0, 0.1) is 34.5 Å². The standard InChI is InChI=1S/C31H45NO8/c1-5-18(2)27(28(37)38)32-25(35)8-9-26(36)40-17-24(34)31(39)15-12-23-21-7-6-19-16-20(33)10-13-29(19,3)22(21)11-14-30(23,31)4/h16,18,21-23,27,39H,5-15,17H2,1-4H3,(H,32,35)(H,37,38)/t18-,21-,22+,23+,27+,29+,30+,31+/m1/s1. The van der Waals surface area contributed by atoms with Crippen LogP contribution in [0.1, 0.15) is 98.3 Å². The molecular formula is C31H45NO8. The molecule has 0 aromatic carbocycles. The summed E-state index contributed by atoms with van der Waals surface area (Å²) in [5.74, 6) is -1.99. The third-order valence-electron chi connectivity index (χ3n) is 11.3. The lowest BCUT2D eigenvalue weighted by Crippen LogP contribution is -2.58. The fourth-order valence-corrected chi connectivity index (χ4v) is 8.52. The van der Waals surface area contributed by atoms with Crippen molar-refractivity contribution in [1.29, 1.82) is 0 Å². The normalized spacial score (nSPS) is 36.3. The molecule has 8 atom stereocenters. The zero-order valence-corrected chi connectivity index (χ0v) is 24.3. The molecule has 222 valence electrons. The summed E-state index contributed by atoms with van der Waals surface area (Å²) < 4.78 is 5.20. The first-order valence-electron chi connectivity index (χ1n) is 14.9. The van der Waals surface area contributed by atoms with E-state index in [1.807, 2.05) is 19.9 Å². The molecule has 3 N–H and O–H groups in total. The Labute approximate surface area is 236 Å². The number of carboxylic acids is 1. The van der Waals surface area contributed by atoms with Gasteiger partial charge in [0, 0.05) is 18.3 Å². The molecule has 4 rings (SSSR count). The van der Waals surface area contributed by atoms with E-state index in [4.69, 9.17) is 4.74 Å². The highest BCUT2D eigenvalue weighted by Crippen LogP contribution is 2.67. The number of carboxylic acid groups (broad SMARTS) is 1. The summed E-state index contributed by atoms with van der Waals surface area (Å²) >= 11 is 0. The SMILES string of the molecule is CC[C@@H](C)[C@H](NC(=O)CCC(=O)OCC(=O)[C@@]1(O)CC[C@H]2[C@@H]3CCC4=CC(=O)CC[C@]4(C)[C@H]3CC[C@@]21C)C(=O)O. The average molecular weight is 560 g/mol. The smallest absolute Gasteiger partial charge is 0.326 e. The Morgan fingerprint density at radius 1 is 1.05 bits per heavy atom. The first-order valence-corrected chi connectivity index (χ1v) is 14.9. The number of nitrogens with one attached hydrogen (secondary N) is 1. The molecule has 0 spiro atoms. The van der Waals surface area contributed by atoms with Gasteiger partial charge in [-0.25, -0.2) is 4.79 Å². The minimum absolute atomic E-state index is 0.00373. The van der Waals surface area contributed by atoms with Gasteiger partial charge in [-0.05, 0) is 80.1 Å². The molecule has 1 amide bonds. The molecule has 0 radical (unpaired) electrons. The first kappa shape index (κ1) is 30.4. The van der Waals surface area contributed by atoms with Gasteiger partial charge in [0.1, 0.15) is 11.6 Å². The Hall–Kier alpha value is -2.55. The minimum Gasteiger partial charge on any atom is -0.480 e. The van der Waals surface area contributed by atoms with Crippen LogP contribution >= 0.6 is 0 Å². The third kappa shape index (κ3) is 5.26. The number of hydrogen-bond acceptors (Lipinski definition) is 7. The first-order chi connectivity index (χ1) is 18.8. The second-order valence-electron chi connectivity index (χ2n) is 13.2. The van der Waals surface area contributed by atoms with Crippen LogP contribution in [-0.2, 0) is 28.7 Å². The molecule has 3 saturated carbocycles. The van der Waals surface area contributed by atoms with Crippen LogP contribution in [0.3, 0.4) is 0 Å². The monoisotopic (exact) mass is 559 g/mol. The number of aliphatic carboxylic acids is 1. The summed E-state index contributed by atoms with van der Waals surface area (Å²) in [4.78, 5) is 61.4. The van der Waals surface area contributed by atoms with Gasteiger partial charge in [-0.2, -0.15) is 0 Å². The van der Waals surface area contributed by atoms with Gasteiger partial charge in [0.25, 0.3) is 0 Å². The summed E-state index contributed by atoms with van der Waals surface area (Å²) in [6, 6.07) is -1.04. The Morgan fingerprint density at radius 2 is 1.75 bits per heavy atom. The highest BCUT2D eigenvalue weighted by Gasteiger charge is 2.66. The maximum absolute atomic E-state index is 13.4. The Bertz CT molecular complexity index is 1100. The summed E-state index contributed by atoms with van der Waals surface area (Å²) in [7, 11) is 0. The van der Waals surface area contributed by atoms with Crippen molar-refractivity contribution in [3.63, 3.8) is 0 Å². The molecule has 40 heavy (non-hydrogen) atoms. The van der Waals surface area contributed by atoms with Crippen LogP contribution in [-0.4, -0.2) is 57.9 Å². The summed E-state index contributed by atoms with van der Waals surface area (Å²) in [5.41, 5.74) is -0.910. The van der Waals surface area contributed by atoms with Gasteiger partial charge in [0.2, 0.25) is 11.7 Å². The Morgan fingerprint density at radius 3 is 2.42 bits per heavy atom. The van der Waals surface area contributed by atoms with Crippen molar-refractivity contribution in [2.75, 3.05) is 6.61 Å². The number of hydrogen-bond donors (Lipinski definition) is 3. The quantitative estimate of drug-likeness (QED) is 0.343. The lowest BCUT2D eigenvalue weighted by molar-refractivity contribution is -0.170. The van der Waals surface area contributed by atoms with Crippen molar-refractivity contribution >= 4 is 29.4 Å². The zero-order valence-electron chi connectivity index (χ0n) is 24.3. The number of allylic oxidation sites excluding steroid dienone is 1. The summed E-state index contributed by atoms with van der Waals surface area (Å²) in [5, 5.41) is 23.6. The van der Waals surface area contributed by atoms with E-state index < -0.39 is 47.3 Å². The van der Waals surface area contributed by atoms with Crippen molar-refractivity contribution in [2.24, 2.45) is 34.5 Å². The molecule has 0 heterocycles. The molecule has 0 aromatic rings. The molecule has 0 unspecified atom stereocenters. The van der Waals surface area contributed by atoms with Crippen LogP contribution in [0.4, 0.5) is 0 Å². The lowest BCUT2D eigenvalue weighted by atomic mass is 9.46. The van der Waals surface area contributed by atoms with Crippen molar-refractivity contribution in [2.45, 2.75) is 110 Å². The van der Waals surface area contributed by atoms with E-state index in [0.29, 0.717) is 37.5 Å². The molecule has 3 fully saturated rings. The molecule has 9 nitrogen and oxygen atoms in total. The van der Waals surface area contributed by atoms with E-state index in [2.05, 4.69) is 12.2 Å². The number of fused-ring (bicyclic) bond motifs is 5. The fraction of sp³-hybridized carbons (Fsp3) is 0.774. The lowest BCUT2D eigenvalue weighted by Gasteiger charge is -2.58. The number of carbonyl (C=O) groups excluding carboxylic acids is 4. The molecule has 0 bridgehead atoms. The Kier molecular flexibility index (Phi) is 8.65. The fourth-order valence-electron chi connectivity index (χ4n) is 8.52. The number of Topliss-reactive ketones (excluding diaryl/α,β-unsaturated/α-hetero) is 1. The van der Waals surface area contributed by atoms with Gasteiger partial charge in [-0.1, -0.05) is 39.7 Å². The van der Waals surface area contributed by atoms with E-state index in [9.17, 15) is 34.2 Å². The summed E-state index contributed by atoms with van der Waals surface area (Å²) in [6.45, 7) is 7.31. The topological polar surface area (TPSA) is 147 Å². The van der Waals surface area contributed by atoms with Crippen LogP contribution in [0.15, 0.2) is 11.6 Å². The second-order valence-corrected chi connectivity index (χ2v) is 13.2. The molecule has 4 aliphatic carbocycles. The number of rotatable bonds is 10. The molecule has 0 saturated heterocycles. The molecule has 9 heteroatoms. The second kappa shape index (κ2) is 11.4. The Balaban J connectivity index is 1.33. The number of carbonyl (C=O) groups is 5. The van der Waals surface area contributed by atoms with Crippen molar-refractivity contribution in [3.8, 4) is 0 Å². The molecule has 0 aliphatic heterocycles. The minimum atomic E-state index is -1.58. The van der Waals surface area contributed by atoms with Crippen molar-refractivity contribution in [3.05, 3.63) is 11.6 Å².